The van der Waals surface area contributed by atoms with Crippen molar-refractivity contribution in [2.75, 3.05) is 0 Å². The van der Waals surface area contributed by atoms with E-state index in [0.29, 0.717) is 10.6 Å². The highest BCUT2D eigenvalue weighted by atomic mass is 35.5. The number of rotatable bonds is 8. The lowest BCUT2D eigenvalue weighted by Crippen LogP contribution is -2.47. The van der Waals surface area contributed by atoms with Crippen molar-refractivity contribution in [3.05, 3.63) is 70.2 Å². The van der Waals surface area contributed by atoms with Crippen LogP contribution in [-0.2, 0) is 22.3 Å². The van der Waals surface area contributed by atoms with Crippen LogP contribution in [0.25, 0.3) is 0 Å². The van der Waals surface area contributed by atoms with Crippen LogP contribution >= 0.6 is 11.6 Å². The molecule has 2 aromatic rings. The first-order valence-corrected chi connectivity index (χ1v) is 9.22. The molecule has 0 aliphatic rings. The fourth-order valence-electron chi connectivity index (χ4n) is 2.52. The van der Waals surface area contributed by atoms with Crippen molar-refractivity contribution in [2.24, 2.45) is 5.73 Å². The molecule has 0 aliphatic carbocycles. The molecular formula is C20H19ClF3N3O3. The summed E-state index contributed by atoms with van der Waals surface area (Å²) in [5.41, 5.74) is 5.03. The van der Waals surface area contributed by atoms with Crippen molar-refractivity contribution in [1.82, 2.24) is 10.6 Å². The fraction of sp³-hybridized carbons (Fsp3) is 0.250. The maximum atomic E-state index is 12.6. The molecular weight excluding hydrogens is 423 g/mol. The molecule has 0 bridgehead atoms. The Morgan fingerprint density at radius 1 is 1.00 bits per heavy atom. The standard InChI is InChI=1S/C20H19ClF3N3O3/c21-15-7-3-13(4-8-15)18(29)27-16(9-10-17(25)28)19(30)26-11-12-1-5-14(6-2-12)20(22,23)24/h1-8,16H,9-11H2,(H2,25,28)(H,26,30)(H,27,29)/t16-/m1/s1. The van der Waals surface area contributed by atoms with Gasteiger partial charge < -0.3 is 16.4 Å². The second-order valence-electron chi connectivity index (χ2n) is 6.45. The third-order valence-electron chi connectivity index (χ3n) is 4.16. The van der Waals surface area contributed by atoms with Gasteiger partial charge in [0.1, 0.15) is 6.04 Å². The van der Waals surface area contributed by atoms with Gasteiger partial charge in [-0.1, -0.05) is 23.7 Å². The molecule has 0 saturated heterocycles. The minimum Gasteiger partial charge on any atom is -0.370 e. The predicted octanol–water partition coefficient (Wildman–Crippen LogP) is 3.04. The molecule has 160 valence electrons. The molecule has 1 atom stereocenters. The van der Waals surface area contributed by atoms with Gasteiger partial charge in [0.25, 0.3) is 5.91 Å². The van der Waals surface area contributed by atoms with E-state index in [-0.39, 0.29) is 24.9 Å². The summed E-state index contributed by atoms with van der Waals surface area (Å²) in [4.78, 5) is 35.9. The average molecular weight is 442 g/mol. The summed E-state index contributed by atoms with van der Waals surface area (Å²) in [5.74, 6) is -1.79. The van der Waals surface area contributed by atoms with E-state index >= 15 is 0 Å². The Kier molecular flexibility index (Phi) is 7.82. The topological polar surface area (TPSA) is 101 Å². The van der Waals surface area contributed by atoms with Crippen molar-refractivity contribution in [1.29, 1.82) is 0 Å². The van der Waals surface area contributed by atoms with E-state index in [1.807, 2.05) is 0 Å². The summed E-state index contributed by atoms with van der Waals surface area (Å²) in [6, 6.07) is 9.23. The molecule has 4 N–H and O–H groups in total. The Morgan fingerprint density at radius 2 is 1.60 bits per heavy atom. The van der Waals surface area contributed by atoms with Gasteiger partial charge in [0.15, 0.2) is 0 Å². The second kappa shape index (κ2) is 10.1. The molecule has 3 amide bonds. The van der Waals surface area contributed by atoms with Crippen molar-refractivity contribution in [3.63, 3.8) is 0 Å². The molecule has 2 rings (SSSR count). The number of carbonyl (C=O) groups is 3. The molecule has 2 aromatic carbocycles. The smallest absolute Gasteiger partial charge is 0.370 e. The monoisotopic (exact) mass is 441 g/mol. The van der Waals surface area contributed by atoms with E-state index < -0.39 is 35.5 Å². The van der Waals surface area contributed by atoms with Gasteiger partial charge in [0, 0.05) is 23.6 Å². The van der Waals surface area contributed by atoms with Gasteiger partial charge in [-0.15, -0.1) is 0 Å². The van der Waals surface area contributed by atoms with Gasteiger partial charge >= 0.3 is 6.18 Å². The van der Waals surface area contributed by atoms with Crippen LogP contribution in [0.4, 0.5) is 13.2 Å². The highest BCUT2D eigenvalue weighted by molar-refractivity contribution is 6.30. The zero-order valence-corrected chi connectivity index (χ0v) is 16.4. The molecule has 0 heterocycles. The number of primary amides is 1. The van der Waals surface area contributed by atoms with E-state index in [1.165, 1.54) is 36.4 Å². The summed E-state index contributed by atoms with van der Waals surface area (Å²) in [5, 5.41) is 5.50. The van der Waals surface area contributed by atoms with Gasteiger partial charge in [-0.3, -0.25) is 14.4 Å². The second-order valence-corrected chi connectivity index (χ2v) is 6.89. The van der Waals surface area contributed by atoms with Crippen LogP contribution in [0.1, 0.15) is 34.3 Å². The highest BCUT2D eigenvalue weighted by Crippen LogP contribution is 2.29. The molecule has 10 heteroatoms. The van der Waals surface area contributed by atoms with E-state index in [1.54, 1.807) is 0 Å². The zero-order valence-electron chi connectivity index (χ0n) is 15.6. The quantitative estimate of drug-likeness (QED) is 0.586. The molecule has 30 heavy (non-hydrogen) atoms. The van der Waals surface area contributed by atoms with Crippen molar-refractivity contribution < 1.29 is 27.6 Å². The third kappa shape index (κ3) is 7.07. The maximum absolute atomic E-state index is 12.6. The van der Waals surface area contributed by atoms with Crippen LogP contribution < -0.4 is 16.4 Å². The maximum Gasteiger partial charge on any atom is 0.416 e. The van der Waals surface area contributed by atoms with Crippen molar-refractivity contribution >= 4 is 29.3 Å². The van der Waals surface area contributed by atoms with Gasteiger partial charge in [0.2, 0.25) is 11.8 Å². The number of carbonyl (C=O) groups excluding carboxylic acids is 3. The number of hydrogen-bond donors (Lipinski definition) is 3. The molecule has 0 unspecified atom stereocenters. The van der Waals surface area contributed by atoms with E-state index in [4.69, 9.17) is 17.3 Å². The van der Waals surface area contributed by atoms with Crippen molar-refractivity contribution in [2.45, 2.75) is 31.6 Å². The molecule has 6 nitrogen and oxygen atoms in total. The highest BCUT2D eigenvalue weighted by Gasteiger charge is 2.30. The number of amides is 3. The first kappa shape index (κ1) is 23.2. The van der Waals surface area contributed by atoms with E-state index in [2.05, 4.69) is 10.6 Å². The number of nitrogens with one attached hydrogen (secondary N) is 2. The largest absolute Gasteiger partial charge is 0.416 e. The van der Waals surface area contributed by atoms with E-state index in [9.17, 15) is 27.6 Å². The van der Waals surface area contributed by atoms with Gasteiger partial charge in [-0.2, -0.15) is 13.2 Å². The first-order valence-electron chi connectivity index (χ1n) is 8.85. The summed E-state index contributed by atoms with van der Waals surface area (Å²) >= 11 is 5.78. The SMILES string of the molecule is NC(=O)CC[C@@H](NC(=O)c1ccc(Cl)cc1)C(=O)NCc1ccc(C(F)(F)F)cc1. The summed E-state index contributed by atoms with van der Waals surface area (Å²) in [7, 11) is 0. The van der Waals surface area contributed by atoms with Crippen LogP contribution in [-0.4, -0.2) is 23.8 Å². The van der Waals surface area contributed by atoms with Crippen molar-refractivity contribution in [3.8, 4) is 0 Å². The number of halogens is 4. The zero-order chi connectivity index (χ0) is 22.3. The van der Waals surface area contributed by atoms with Gasteiger partial charge in [-0.05, 0) is 48.4 Å². The first-order chi connectivity index (χ1) is 14.1. The Balaban J connectivity index is 2.02. The minimum absolute atomic E-state index is 0.0342. The molecule has 0 spiro atoms. The average Bonchev–Trinajstić information content (AvgIpc) is 2.69. The van der Waals surface area contributed by atoms with Gasteiger partial charge in [-0.25, -0.2) is 0 Å². The fourth-order valence-corrected chi connectivity index (χ4v) is 2.65. The normalized spacial score (nSPS) is 12.1. The Labute approximate surface area is 175 Å². The number of benzene rings is 2. The number of alkyl halides is 3. The molecule has 0 aliphatic heterocycles. The Hall–Kier alpha value is -3.07. The van der Waals surface area contributed by atoms with Crippen LogP contribution in [0.3, 0.4) is 0 Å². The Bertz CT molecular complexity index is 900. The van der Waals surface area contributed by atoms with Crippen LogP contribution in [0.15, 0.2) is 48.5 Å². The minimum atomic E-state index is -4.45. The summed E-state index contributed by atoms with van der Waals surface area (Å²) in [6.07, 6.45) is -4.62. The number of hydrogen-bond acceptors (Lipinski definition) is 3. The van der Waals surface area contributed by atoms with E-state index in [0.717, 1.165) is 12.1 Å². The van der Waals surface area contributed by atoms with Crippen LogP contribution in [0.2, 0.25) is 5.02 Å². The van der Waals surface area contributed by atoms with Crippen LogP contribution in [0, 0.1) is 0 Å². The lowest BCUT2D eigenvalue weighted by Gasteiger charge is -2.18. The molecule has 0 fully saturated rings. The molecule has 0 radical (unpaired) electrons. The molecule has 0 aromatic heterocycles. The summed E-state index contributed by atoms with van der Waals surface area (Å²) in [6.45, 7) is -0.0547. The number of nitrogens with two attached hydrogens (primary N) is 1. The van der Waals surface area contributed by atoms with Gasteiger partial charge in [0.05, 0.1) is 5.56 Å². The lowest BCUT2D eigenvalue weighted by atomic mass is 10.1. The third-order valence-corrected chi connectivity index (χ3v) is 4.41. The lowest BCUT2D eigenvalue weighted by molar-refractivity contribution is -0.137. The van der Waals surface area contributed by atoms with Crippen LogP contribution in [0.5, 0.6) is 0 Å². The predicted molar refractivity (Wildman–Crippen MR) is 104 cm³/mol. The molecule has 0 saturated carbocycles. The Morgan fingerprint density at radius 3 is 2.13 bits per heavy atom. The summed E-state index contributed by atoms with van der Waals surface area (Å²) < 4.78 is 37.9.